The molecule has 22 heavy (non-hydrogen) atoms. The summed E-state index contributed by atoms with van der Waals surface area (Å²) >= 11 is 0. The van der Waals surface area contributed by atoms with Crippen LogP contribution in [0.4, 0.5) is 5.69 Å². The number of nitrogens with one attached hydrogen (secondary N) is 1. The zero-order chi connectivity index (χ0) is 16.3. The second-order valence-electron chi connectivity index (χ2n) is 4.57. The molecule has 0 aliphatic carbocycles. The van der Waals surface area contributed by atoms with E-state index >= 15 is 0 Å². The Balaban J connectivity index is 2.63. The molecule has 2 N–H and O–H groups in total. The Hall–Kier alpha value is -2.74. The lowest BCUT2D eigenvalue weighted by atomic mass is 10.1. The van der Waals surface area contributed by atoms with E-state index in [1.807, 2.05) is 0 Å². The molecule has 0 spiro atoms. The molecule has 2 aromatic heterocycles. The minimum atomic E-state index is -1.25. The summed E-state index contributed by atoms with van der Waals surface area (Å²) in [5.41, 5.74) is 0.366. The summed E-state index contributed by atoms with van der Waals surface area (Å²) in [7, 11) is 0. The Bertz CT molecular complexity index is 696. The number of aromatic carboxylic acids is 1. The quantitative estimate of drug-likeness (QED) is 0.625. The zero-order valence-corrected chi connectivity index (χ0v) is 12.1. The van der Waals surface area contributed by atoms with Crippen molar-refractivity contribution in [2.24, 2.45) is 0 Å². The highest BCUT2D eigenvalue weighted by molar-refractivity contribution is 5.89. The molecular weight excluding hydrogens is 290 g/mol. The molecule has 0 bridgehead atoms. The molecule has 0 aliphatic rings. The molecule has 0 saturated heterocycles. The zero-order valence-electron chi connectivity index (χ0n) is 12.1. The lowest BCUT2D eigenvalue weighted by molar-refractivity contribution is -0.386. The number of aromatic nitrogens is 2. The van der Waals surface area contributed by atoms with Crippen molar-refractivity contribution in [2.75, 3.05) is 6.61 Å². The first-order chi connectivity index (χ1) is 10.5. The van der Waals surface area contributed by atoms with Gasteiger partial charge >= 0.3 is 5.97 Å². The number of hydrogen-bond acceptors (Lipinski definition) is 5. The number of aromatic amines is 1. The Morgan fingerprint density at radius 3 is 2.64 bits per heavy atom. The van der Waals surface area contributed by atoms with E-state index in [0.29, 0.717) is 12.2 Å². The van der Waals surface area contributed by atoms with E-state index in [1.165, 1.54) is 6.92 Å². The van der Waals surface area contributed by atoms with Gasteiger partial charge in [-0.25, -0.2) is 4.79 Å². The molecule has 1 atom stereocenters. The molecule has 8 nitrogen and oxygen atoms in total. The largest absolute Gasteiger partial charge is 0.477 e. The van der Waals surface area contributed by atoms with Crippen molar-refractivity contribution in [3.63, 3.8) is 0 Å². The van der Waals surface area contributed by atoms with E-state index in [2.05, 4.69) is 9.97 Å². The van der Waals surface area contributed by atoms with E-state index in [1.54, 1.807) is 31.5 Å². The topological polar surface area (TPSA) is 118 Å². The van der Waals surface area contributed by atoms with Crippen LogP contribution in [0, 0.1) is 17.0 Å². The SMILES string of the molecule is CCOC(c1ccncc1)c1[nH]c(C(=O)O)c(C)c1[N+](=O)[O-]. The summed E-state index contributed by atoms with van der Waals surface area (Å²) in [6, 6.07) is 3.33. The highest BCUT2D eigenvalue weighted by atomic mass is 16.6. The number of rotatable bonds is 6. The number of nitrogens with zero attached hydrogens (tertiary/aromatic N) is 2. The maximum absolute atomic E-state index is 11.3. The van der Waals surface area contributed by atoms with Crippen molar-refractivity contribution >= 4 is 11.7 Å². The molecule has 0 fully saturated rings. The van der Waals surface area contributed by atoms with E-state index in [-0.39, 0.29) is 22.6 Å². The van der Waals surface area contributed by atoms with Crippen LogP contribution in [0.25, 0.3) is 0 Å². The minimum absolute atomic E-state index is 0.0752. The van der Waals surface area contributed by atoms with Crippen molar-refractivity contribution in [3.8, 4) is 0 Å². The number of ether oxygens (including phenoxy) is 1. The molecule has 0 saturated carbocycles. The summed E-state index contributed by atoms with van der Waals surface area (Å²) in [6.45, 7) is 3.47. The van der Waals surface area contributed by atoms with Gasteiger partial charge in [-0.3, -0.25) is 15.1 Å². The van der Waals surface area contributed by atoms with Gasteiger partial charge in [0, 0.05) is 19.0 Å². The monoisotopic (exact) mass is 305 g/mol. The van der Waals surface area contributed by atoms with Gasteiger partial charge in [-0.05, 0) is 31.5 Å². The Labute approximate surface area is 125 Å². The van der Waals surface area contributed by atoms with Gasteiger partial charge in [0.1, 0.15) is 17.5 Å². The maximum atomic E-state index is 11.3. The van der Waals surface area contributed by atoms with Crippen molar-refractivity contribution in [1.29, 1.82) is 0 Å². The van der Waals surface area contributed by atoms with Gasteiger partial charge in [0.2, 0.25) is 0 Å². The fraction of sp³-hybridized carbons (Fsp3) is 0.286. The summed E-state index contributed by atoms with van der Waals surface area (Å²) in [5.74, 6) is -1.25. The molecule has 2 heterocycles. The van der Waals surface area contributed by atoms with Gasteiger partial charge in [-0.2, -0.15) is 0 Å². The number of carbonyl (C=O) groups is 1. The van der Waals surface area contributed by atoms with Crippen molar-refractivity contribution < 1.29 is 19.6 Å². The average Bonchev–Trinajstić information content (AvgIpc) is 2.83. The molecule has 0 aliphatic heterocycles. The molecule has 116 valence electrons. The van der Waals surface area contributed by atoms with Crippen LogP contribution in [0.3, 0.4) is 0 Å². The van der Waals surface area contributed by atoms with Gasteiger partial charge < -0.3 is 14.8 Å². The van der Waals surface area contributed by atoms with Gasteiger partial charge in [0.25, 0.3) is 5.69 Å². The standard InChI is InChI=1S/C14H15N3O5/c1-3-22-13(9-4-6-15-7-5-9)11-12(17(20)21)8(2)10(16-11)14(18)19/h4-7,13,16H,3H2,1-2H3,(H,18,19). The second-order valence-corrected chi connectivity index (χ2v) is 4.57. The highest BCUT2D eigenvalue weighted by Crippen LogP contribution is 2.36. The Morgan fingerprint density at radius 1 is 1.50 bits per heavy atom. The van der Waals surface area contributed by atoms with Crippen LogP contribution in [-0.4, -0.2) is 32.6 Å². The Kier molecular flexibility index (Phi) is 4.52. The number of H-pyrrole nitrogens is 1. The third kappa shape index (κ3) is 2.82. The third-order valence-electron chi connectivity index (χ3n) is 3.25. The minimum Gasteiger partial charge on any atom is -0.477 e. The normalized spacial score (nSPS) is 12.1. The fourth-order valence-corrected chi connectivity index (χ4v) is 2.30. The van der Waals surface area contributed by atoms with Gasteiger partial charge in [0.05, 0.1) is 10.5 Å². The molecule has 8 heteroatoms. The second kappa shape index (κ2) is 6.35. The summed E-state index contributed by atoms with van der Waals surface area (Å²) in [6.07, 6.45) is 2.32. The summed E-state index contributed by atoms with van der Waals surface area (Å²) in [4.78, 5) is 28.5. The van der Waals surface area contributed by atoms with E-state index < -0.39 is 17.0 Å². The van der Waals surface area contributed by atoms with Crippen LogP contribution in [0.5, 0.6) is 0 Å². The van der Waals surface area contributed by atoms with Crippen molar-refractivity contribution in [2.45, 2.75) is 20.0 Å². The molecular formula is C14H15N3O5. The fourth-order valence-electron chi connectivity index (χ4n) is 2.30. The first kappa shape index (κ1) is 15.6. The number of nitro groups is 1. The number of hydrogen-bond donors (Lipinski definition) is 2. The van der Waals surface area contributed by atoms with E-state index in [0.717, 1.165) is 0 Å². The molecule has 2 aromatic rings. The maximum Gasteiger partial charge on any atom is 0.352 e. The van der Waals surface area contributed by atoms with Crippen LogP contribution >= 0.6 is 0 Å². The molecule has 0 aromatic carbocycles. The lowest BCUT2D eigenvalue weighted by Gasteiger charge is -2.15. The third-order valence-corrected chi connectivity index (χ3v) is 3.25. The van der Waals surface area contributed by atoms with E-state index in [9.17, 15) is 14.9 Å². The highest BCUT2D eigenvalue weighted by Gasteiger charge is 2.32. The van der Waals surface area contributed by atoms with Crippen molar-refractivity contribution in [3.05, 3.63) is 57.2 Å². The van der Waals surface area contributed by atoms with Gasteiger partial charge in [-0.15, -0.1) is 0 Å². The number of carboxylic acids is 1. The van der Waals surface area contributed by atoms with Crippen molar-refractivity contribution in [1.82, 2.24) is 9.97 Å². The van der Waals surface area contributed by atoms with Gasteiger partial charge in [0.15, 0.2) is 0 Å². The average molecular weight is 305 g/mol. The lowest BCUT2D eigenvalue weighted by Crippen LogP contribution is -2.09. The molecule has 1 unspecified atom stereocenters. The summed E-state index contributed by atoms with van der Waals surface area (Å²) in [5, 5.41) is 20.5. The number of pyridine rings is 1. The first-order valence-corrected chi connectivity index (χ1v) is 6.59. The summed E-state index contributed by atoms with van der Waals surface area (Å²) < 4.78 is 5.60. The first-order valence-electron chi connectivity index (χ1n) is 6.59. The van der Waals surface area contributed by atoms with E-state index in [4.69, 9.17) is 9.84 Å². The number of carboxylic acid groups (broad SMARTS) is 1. The predicted molar refractivity (Wildman–Crippen MR) is 76.8 cm³/mol. The van der Waals surface area contributed by atoms with Crippen LogP contribution < -0.4 is 0 Å². The van der Waals surface area contributed by atoms with Crippen LogP contribution in [-0.2, 0) is 4.74 Å². The van der Waals surface area contributed by atoms with Gasteiger partial charge in [-0.1, -0.05) is 0 Å². The van der Waals surface area contributed by atoms with Crippen LogP contribution in [0.15, 0.2) is 24.5 Å². The smallest absolute Gasteiger partial charge is 0.352 e. The van der Waals surface area contributed by atoms with Crippen LogP contribution in [0.2, 0.25) is 0 Å². The molecule has 2 rings (SSSR count). The predicted octanol–water partition coefficient (Wildman–Crippen LogP) is 2.45. The van der Waals surface area contributed by atoms with Crippen LogP contribution in [0.1, 0.15) is 40.3 Å². The molecule has 0 amide bonds. The Morgan fingerprint density at radius 2 is 2.14 bits per heavy atom. The molecule has 0 radical (unpaired) electrons.